The Bertz CT molecular complexity index is 316. The van der Waals surface area contributed by atoms with Crippen molar-refractivity contribution in [2.45, 2.75) is 13.3 Å². The summed E-state index contributed by atoms with van der Waals surface area (Å²) in [6, 6.07) is 1.65. The van der Waals surface area contributed by atoms with Crippen LogP contribution in [-0.4, -0.2) is 23.8 Å². The Morgan fingerprint density at radius 3 is 2.71 bits per heavy atom. The molecule has 4 heteroatoms. The monoisotopic (exact) mass is 195 g/mol. The molecule has 1 unspecified atom stereocenters. The topological polar surface area (TPSA) is 59.2 Å². The van der Waals surface area contributed by atoms with Gasteiger partial charge in [-0.1, -0.05) is 6.92 Å². The van der Waals surface area contributed by atoms with Gasteiger partial charge in [0.25, 0.3) is 0 Å². The van der Waals surface area contributed by atoms with E-state index in [1.165, 1.54) is 7.11 Å². The molecule has 14 heavy (non-hydrogen) atoms. The van der Waals surface area contributed by atoms with Crippen LogP contribution in [0.15, 0.2) is 18.5 Å². The Hall–Kier alpha value is -1.58. The van der Waals surface area contributed by atoms with E-state index >= 15 is 0 Å². The van der Waals surface area contributed by atoms with Crippen LogP contribution in [0.5, 0.6) is 0 Å². The first-order valence-electron chi connectivity index (χ1n) is 4.45. The fourth-order valence-corrected chi connectivity index (χ4v) is 1.28. The van der Waals surface area contributed by atoms with Crippen molar-refractivity contribution in [3.63, 3.8) is 0 Å². The highest BCUT2D eigenvalue weighted by Gasteiger charge is 2.26. The molecule has 0 amide bonds. The van der Waals surface area contributed by atoms with Crippen LogP contribution in [0.1, 0.15) is 23.7 Å². The van der Waals surface area contributed by atoms with Crippen molar-refractivity contribution in [1.82, 2.24) is 4.98 Å². The second-order valence-electron chi connectivity index (χ2n) is 2.95. The maximum absolute atomic E-state index is 11.7. The molecule has 1 heterocycles. The van der Waals surface area contributed by atoms with Gasteiger partial charge in [-0.05, 0) is 12.5 Å². The Balaban J connectivity index is 2.81. The molecule has 0 aromatic carbocycles. The molecule has 0 fully saturated rings. The Labute approximate surface area is 82.3 Å². The van der Waals surface area contributed by atoms with Crippen LogP contribution in [0, 0.1) is 5.92 Å². The minimum absolute atomic E-state index is 0.194. The molecule has 1 aromatic rings. The Kier molecular flexibility index (Phi) is 3.45. The second-order valence-corrected chi connectivity index (χ2v) is 2.95. The summed E-state index contributed by atoms with van der Waals surface area (Å²) >= 11 is 0. The van der Waals surface area contributed by atoms with Gasteiger partial charge in [-0.25, -0.2) is 0 Å². The quantitative estimate of drug-likeness (QED) is 0.448. The zero-order valence-electron chi connectivity index (χ0n) is 8.24. The summed E-state index contributed by atoms with van der Waals surface area (Å²) < 4.78 is 4.55. The molecule has 0 aliphatic heterocycles. The fraction of sp³-hybridized carbons (Fsp3) is 0.400. The number of rotatable bonds is 4. The van der Waals surface area contributed by atoms with Crippen LogP contribution < -0.4 is 0 Å². The summed E-state index contributed by atoms with van der Waals surface area (Å²) in [4.78, 5) is 25.7. The van der Waals surface area contributed by atoms with Crippen molar-refractivity contribution in [3.05, 3.63) is 24.0 Å². The highest BCUT2D eigenvalue weighted by molar-refractivity contribution is 6.08. The molecular weight excluding hydrogens is 182 g/mol. The van der Waals surface area contributed by atoms with Gasteiger partial charge in [0, 0.05) is 18.0 Å². The molecule has 0 spiro atoms. The lowest BCUT2D eigenvalue weighted by Gasteiger charge is -2.09. The summed E-state index contributed by atoms with van der Waals surface area (Å²) in [6.07, 6.45) is 3.68. The SMILES string of the molecule is CCC(C(=O)OC)C(=O)c1cc[nH]c1. The number of H-pyrrole nitrogens is 1. The number of nitrogens with one attached hydrogen (secondary N) is 1. The molecule has 1 rings (SSSR count). The van der Waals surface area contributed by atoms with Crippen LogP contribution >= 0.6 is 0 Å². The van der Waals surface area contributed by atoms with Gasteiger partial charge in [0.1, 0.15) is 5.92 Å². The first-order valence-corrected chi connectivity index (χ1v) is 4.45. The summed E-state index contributed by atoms with van der Waals surface area (Å²) in [5, 5.41) is 0. The van der Waals surface area contributed by atoms with E-state index in [9.17, 15) is 9.59 Å². The van der Waals surface area contributed by atoms with Gasteiger partial charge in [-0.3, -0.25) is 9.59 Å². The third kappa shape index (κ3) is 2.02. The van der Waals surface area contributed by atoms with Crippen molar-refractivity contribution >= 4 is 11.8 Å². The van der Waals surface area contributed by atoms with Gasteiger partial charge in [0.15, 0.2) is 5.78 Å². The van der Waals surface area contributed by atoms with Crippen LogP contribution in [0.3, 0.4) is 0 Å². The maximum Gasteiger partial charge on any atom is 0.316 e. The number of hydrogen-bond acceptors (Lipinski definition) is 3. The van der Waals surface area contributed by atoms with Crippen LogP contribution in [0.4, 0.5) is 0 Å². The van der Waals surface area contributed by atoms with E-state index < -0.39 is 11.9 Å². The minimum atomic E-state index is -0.684. The molecule has 0 aliphatic carbocycles. The van der Waals surface area contributed by atoms with Crippen molar-refractivity contribution in [2.24, 2.45) is 5.92 Å². The number of Topliss-reactive ketones (excluding diaryl/α,β-unsaturated/α-hetero) is 1. The average molecular weight is 195 g/mol. The van der Waals surface area contributed by atoms with Gasteiger partial charge in [0.05, 0.1) is 7.11 Å². The fourth-order valence-electron chi connectivity index (χ4n) is 1.28. The van der Waals surface area contributed by atoms with Crippen molar-refractivity contribution < 1.29 is 14.3 Å². The van der Waals surface area contributed by atoms with E-state index in [1.807, 2.05) is 0 Å². The normalized spacial score (nSPS) is 12.1. The molecule has 1 N–H and O–H groups in total. The number of esters is 1. The molecular formula is C10H13NO3. The van der Waals surface area contributed by atoms with Crippen molar-refractivity contribution in [1.29, 1.82) is 0 Å². The first kappa shape index (κ1) is 10.5. The van der Waals surface area contributed by atoms with Gasteiger partial charge in [-0.2, -0.15) is 0 Å². The molecule has 0 radical (unpaired) electrons. The lowest BCUT2D eigenvalue weighted by Crippen LogP contribution is -2.24. The predicted molar refractivity (Wildman–Crippen MR) is 50.9 cm³/mol. The predicted octanol–water partition coefficient (Wildman–Crippen LogP) is 1.40. The second kappa shape index (κ2) is 4.60. The number of hydrogen-bond donors (Lipinski definition) is 1. The Morgan fingerprint density at radius 1 is 1.57 bits per heavy atom. The summed E-state index contributed by atoms with van der Waals surface area (Å²) in [5.74, 6) is -1.35. The Morgan fingerprint density at radius 2 is 2.29 bits per heavy atom. The van der Waals surface area contributed by atoms with E-state index in [0.29, 0.717) is 12.0 Å². The van der Waals surface area contributed by atoms with E-state index in [2.05, 4.69) is 9.72 Å². The zero-order valence-corrected chi connectivity index (χ0v) is 8.24. The smallest absolute Gasteiger partial charge is 0.316 e. The zero-order chi connectivity index (χ0) is 10.6. The lowest BCUT2D eigenvalue weighted by atomic mass is 9.97. The van der Waals surface area contributed by atoms with Crippen molar-refractivity contribution in [2.75, 3.05) is 7.11 Å². The van der Waals surface area contributed by atoms with E-state index in [0.717, 1.165) is 0 Å². The van der Waals surface area contributed by atoms with Crippen LogP contribution in [-0.2, 0) is 9.53 Å². The number of carbonyl (C=O) groups excluding carboxylic acids is 2. The minimum Gasteiger partial charge on any atom is -0.468 e. The largest absolute Gasteiger partial charge is 0.468 e. The molecule has 76 valence electrons. The van der Waals surface area contributed by atoms with E-state index in [4.69, 9.17) is 0 Å². The number of ether oxygens (including phenoxy) is 1. The van der Waals surface area contributed by atoms with Gasteiger partial charge >= 0.3 is 5.97 Å². The van der Waals surface area contributed by atoms with E-state index in [-0.39, 0.29) is 5.78 Å². The number of methoxy groups -OCH3 is 1. The highest BCUT2D eigenvalue weighted by Crippen LogP contribution is 2.13. The van der Waals surface area contributed by atoms with Gasteiger partial charge in [-0.15, -0.1) is 0 Å². The van der Waals surface area contributed by atoms with Crippen molar-refractivity contribution in [3.8, 4) is 0 Å². The number of ketones is 1. The number of carbonyl (C=O) groups is 2. The summed E-state index contributed by atoms with van der Waals surface area (Å²) in [5.41, 5.74) is 0.516. The number of aromatic amines is 1. The summed E-state index contributed by atoms with van der Waals surface area (Å²) in [7, 11) is 1.29. The number of aromatic nitrogens is 1. The lowest BCUT2D eigenvalue weighted by molar-refractivity contribution is -0.143. The van der Waals surface area contributed by atoms with Crippen LogP contribution in [0.25, 0.3) is 0 Å². The molecule has 4 nitrogen and oxygen atoms in total. The molecule has 1 atom stereocenters. The molecule has 1 aromatic heterocycles. The highest BCUT2D eigenvalue weighted by atomic mass is 16.5. The third-order valence-corrected chi connectivity index (χ3v) is 2.09. The standard InChI is InChI=1S/C10H13NO3/c1-3-8(10(13)14-2)9(12)7-4-5-11-6-7/h4-6,8,11H,3H2,1-2H3. The van der Waals surface area contributed by atoms with Gasteiger partial charge in [0.2, 0.25) is 0 Å². The molecule has 0 saturated carbocycles. The maximum atomic E-state index is 11.7. The molecule has 0 aliphatic rings. The third-order valence-electron chi connectivity index (χ3n) is 2.09. The summed E-state index contributed by atoms with van der Waals surface area (Å²) in [6.45, 7) is 1.78. The average Bonchev–Trinajstić information content (AvgIpc) is 2.71. The van der Waals surface area contributed by atoms with Gasteiger partial charge < -0.3 is 9.72 Å². The first-order chi connectivity index (χ1) is 6.70. The molecule has 0 bridgehead atoms. The molecule has 0 saturated heterocycles. The van der Waals surface area contributed by atoms with E-state index in [1.54, 1.807) is 25.4 Å². The van der Waals surface area contributed by atoms with Crippen LogP contribution in [0.2, 0.25) is 0 Å².